The number of benzene rings is 1. The van der Waals surface area contributed by atoms with Crippen LogP contribution in [-0.2, 0) is 12.8 Å². The summed E-state index contributed by atoms with van der Waals surface area (Å²) in [5.74, 6) is 1.26. The monoisotopic (exact) mass is 260 g/mol. The molecular weight excluding hydrogens is 239 g/mol. The fraction of sp³-hybridized carbons (Fsp3) is 0.438. The lowest BCUT2D eigenvalue weighted by Crippen LogP contribution is -1.98. The second-order valence-electron chi connectivity index (χ2n) is 5.43. The van der Waals surface area contributed by atoms with Gasteiger partial charge in [-0.15, -0.1) is 0 Å². The van der Waals surface area contributed by atoms with Crippen LogP contribution >= 0.6 is 0 Å². The number of H-pyrrole nitrogens is 1. The van der Waals surface area contributed by atoms with Crippen LogP contribution in [0.3, 0.4) is 0 Å². The van der Waals surface area contributed by atoms with Gasteiger partial charge in [-0.05, 0) is 49.4 Å². The molecule has 2 aromatic rings. The molecule has 0 amide bonds. The fourth-order valence-corrected chi connectivity index (χ4v) is 2.24. The third-order valence-electron chi connectivity index (χ3n) is 3.24. The van der Waals surface area contributed by atoms with Gasteiger partial charge in [0.15, 0.2) is 0 Å². The highest BCUT2D eigenvalue weighted by Gasteiger charge is 2.12. The third-order valence-corrected chi connectivity index (χ3v) is 3.24. The number of hydrogen-bond donors (Lipinski definition) is 1. The van der Waals surface area contributed by atoms with E-state index in [9.17, 15) is 4.39 Å². The van der Waals surface area contributed by atoms with Crippen LogP contribution in [0.2, 0.25) is 0 Å². The largest absolute Gasteiger partial charge is 0.342 e. The van der Waals surface area contributed by atoms with E-state index < -0.39 is 0 Å². The third kappa shape index (κ3) is 3.03. The lowest BCUT2D eigenvalue weighted by molar-refractivity contribution is 0.618. The highest BCUT2D eigenvalue weighted by molar-refractivity contribution is 5.57. The normalized spacial score (nSPS) is 11.3. The first kappa shape index (κ1) is 13.8. The molecule has 1 N–H and O–H groups in total. The van der Waals surface area contributed by atoms with Crippen LogP contribution in [0.1, 0.15) is 37.7 Å². The topological polar surface area (TPSA) is 28.7 Å². The average molecular weight is 260 g/mol. The van der Waals surface area contributed by atoms with Crippen molar-refractivity contribution in [1.29, 1.82) is 0 Å². The maximum atomic E-state index is 13.3. The van der Waals surface area contributed by atoms with Crippen molar-refractivity contribution >= 4 is 0 Å². The Bertz CT molecular complexity index is 570. The van der Waals surface area contributed by atoms with E-state index in [2.05, 4.69) is 30.7 Å². The second-order valence-corrected chi connectivity index (χ2v) is 5.43. The zero-order valence-corrected chi connectivity index (χ0v) is 12.0. The zero-order chi connectivity index (χ0) is 14.0. The molecule has 0 aliphatic carbocycles. The first-order chi connectivity index (χ1) is 9.01. The van der Waals surface area contributed by atoms with Crippen LogP contribution in [0, 0.1) is 18.7 Å². The number of aromatic amines is 1. The van der Waals surface area contributed by atoms with Gasteiger partial charge in [0.2, 0.25) is 0 Å². The van der Waals surface area contributed by atoms with Crippen LogP contribution < -0.4 is 0 Å². The van der Waals surface area contributed by atoms with E-state index in [0.717, 1.165) is 29.9 Å². The van der Waals surface area contributed by atoms with E-state index in [1.165, 1.54) is 11.8 Å². The standard InChI is InChI=1S/C16H21FN2/c1-5-14-15(8-10(2)3)19-16(18-14)12-6-7-13(17)11(4)9-12/h6-7,9-10H,5,8H2,1-4H3,(H,18,19). The van der Waals surface area contributed by atoms with E-state index in [4.69, 9.17) is 0 Å². The summed E-state index contributed by atoms with van der Waals surface area (Å²) in [7, 11) is 0. The number of imidazole rings is 1. The maximum Gasteiger partial charge on any atom is 0.137 e. The van der Waals surface area contributed by atoms with Gasteiger partial charge in [0.25, 0.3) is 0 Å². The Morgan fingerprint density at radius 2 is 2.05 bits per heavy atom. The Kier molecular flexibility index (Phi) is 4.03. The lowest BCUT2D eigenvalue weighted by atomic mass is 10.1. The summed E-state index contributed by atoms with van der Waals surface area (Å²) >= 11 is 0. The van der Waals surface area contributed by atoms with Crippen molar-refractivity contribution in [2.75, 3.05) is 0 Å². The van der Waals surface area contributed by atoms with Gasteiger partial charge < -0.3 is 4.98 Å². The molecule has 0 spiro atoms. The van der Waals surface area contributed by atoms with Crippen LogP contribution in [-0.4, -0.2) is 9.97 Å². The fourth-order valence-electron chi connectivity index (χ4n) is 2.24. The summed E-state index contributed by atoms with van der Waals surface area (Å²) in [4.78, 5) is 8.04. The summed E-state index contributed by atoms with van der Waals surface area (Å²) in [6, 6.07) is 5.12. The number of rotatable bonds is 4. The van der Waals surface area contributed by atoms with Gasteiger partial charge in [-0.1, -0.05) is 20.8 Å². The van der Waals surface area contributed by atoms with Crippen molar-refractivity contribution in [3.63, 3.8) is 0 Å². The van der Waals surface area contributed by atoms with E-state index >= 15 is 0 Å². The highest BCUT2D eigenvalue weighted by atomic mass is 19.1. The number of aryl methyl sites for hydroxylation is 2. The Morgan fingerprint density at radius 3 is 2.63 bits per heavy atom. The molecule has 2 nitrogen and oxygen atoms in total. The molecule has 0 radical (unpaired) electrons. The van der Waals surface area contributed by atoms with Gasteiger partial charge >= 0.3 is 0 Å². The van der Waals surface area contributed by atoms with Gasteiger partial charge in [0.1, 0.15) is 11.6 Å². The highest BCUT2D eigenvalue weighted by Crippen LogP contribution is 2.22. The molecule has 102 valence electrons. The van der Waals surface area contributed by atoms with Crippen molar-refractivity contribution in [3.05, 3.63) is 41.0 Å². The van der Waals surface area contributed by atoms with E-state index in [1.54, 1.807) is 13.0 Å². The van der Waals surface area contributed by atoms with Crippen molar-refractivity contribution < 1.29 is 4.39 Å². The molecule has 2 rings (SSSR count). The predicted octanol–water partition coefficient (Wildman–Crippen LogP) is 4.29. The maximum absolute atomic E-state index is 13.3. The summed E-state index contributed by atoms with van der Waals surface area (Å²) in [6.45, 7) is 8.28. The summed E-state index contributed by atoms with van der Waals surface area (Å²) in [6.07, 6.45) is 1.91. The zero-order valence-electron chi connectivity index (χ0n) is 12.0. The molecule has 1 aromatic carbocycles. The van der Waals surface area contributed by atoms with E-state index in [0.29, 0.717) is 11.5 Å². The van der Waals surface area contributed by atoms with E-state index in [1.807, 2.05) is 6.07 Å². The molecule has 0 fully saturated rings. The van der Waals surface area contributed by atoms with Crippen LogP contribution in [0.25, 0.3) is 11.4 Å². The van der Waals surface area contributed by atoms with Crippen LogP contribution in [0.4, 0.5) is 4.39 Å². The molecule has 1 aromatic heterocycles. The molecule has 0 atom stereocenters. The van der Waals surface area contributed by atoms with Gasteiger partial charge in [-0.25, -0.2) is 9.37 Å². The Morgan fingerprint density at radius 1 is 1.32 bits per heavy atom. The van der Waals surface area contributed by atoms with Gasteiger partial charge in [-0.3, -0.25) is 0 Å². The Hall–Kier alpha value is -1.64. The number of aromatic nitrogens is 2. The number of nitrogens with one attached hydrogen (secondary N) is 1. The summed E-state index contributed by atoms with van der Waals surface area (Å²) in [5.41, 5.74) is 3.92. The molecule has 3 heteroatoms. The smallest absolute Gasteiger partial charge is 0.137 e. The first-order valence-corrected chi connectivity index (χ1v) is 6.85. The SMILES string of the molecule is CCc1nc(-c2ccc(F)c(C)c2)[nH]c1CC(C)C. The summed E-state index contributed by atoms with van der Waals surface area (Å²) in [5, 5.41) is 0. The molecule has 0 aliphatic rings. The van der Waals surface area contributed by atoms with E-state index in [-0.39, 0.29) is 5.82 Å². The molecule has 1 heterocycles. The minimum atomic E-state index is -0.173. The molecular formula is C16H21FN2. The molecule has 0 saturated heterocycles. The number of halogens is 1. The minimum Gasteiger partial charge on any atom is -0.342 e. The van der Waals surface area contributed by atoms with Crippen molar-refractivity contribution in [2.24, 2.45) is 5.92 Å². The van der Waals surface area contributed by atoms with Crippen LogP contribution in [0.15, 0.2) is 18.2 Å². The van der Waals surface area contributed by atoms with Crippen molar-refractivity contribution in [3.8, 4) is 11.4 Å². The molecule has 0 unspecified atom stereocenters. The molecule has 0 saturated carbocycles. The molecule has 19 heavy (non-hydrogen) atoms. The van der Waals surface area contributed by atoms with Gasteiger partial charge in [0, 0.05) is 11.3 Å². The first-order valence-electron chi connectivity index (χ1n) is 6.85. The van der Waals surface area contributed by atoms with Crippen molar-refractivity contribution in [2.45, 2.75) is 40.5 Å². The molecule has 0 bridgehead atoms. The second kappa shape index (κ2) is 5.55. The predicted molar refractivity (Wildman–Crippen MR) is 76.6 cm³/mol. The molecule has 0 aliphatic heterocycles. The number of hydrogen-bond acceptors (Lipinski definition) is 1. The van der Waals surface area contributed by atoms with Crippen LogP contribution in [0.5, 0.6) is 0 Å². The quantitative estimate of drug-likeness (QED) is 0.873. The summed E-state index contributed by atoms with van der Waals surface area (Å²) < 4.78 is 13.3. The average Bonchev–Trinajstić information content (AvgIpc) is 2.75. The van der Waals surface area contributed by atoms with Gasteiger partial charge in [-0.2, -0.15) is 0 Å². The number of nitrogens with zero attached hydrogens (tertiary/aromatic N) is 1. The van der Waals surface area contributed by atoms with Gasteiger partial charge in [0.05, 0.1) is 5.69 Å². The minimum absolute atomic E-state index is 0.173. The Balaban J connectivity index is 2.39. The Labute approximate surface area is 114 Å². The van der Waals surface area contributed by atoms with Crippen molar-refractivity contribution in [1.82, 2.24) is 9.97 Å². The lowest BCUT2D eigenvalue weighted by Gasteiger charge is -2.03.